The van der Waals surface area contributed by atoms with Crippen LogP contribution in [0.1, 0.15) is 5.56 Å². The Morgan fingerprint density at radius 1 is 1.04 bits per heavy atom. The van der Waals surface area contributed by atoms with E-state index in [-0.39, 0.29) is 0 Å². The highest BCUT2D eigenvalue weighted by Gasteiger charge is 2.06. The highest BCUT2D eigenvalue weighted by atomic mass is 16.5. The molecule has 0 fully saturated rings. The van der Waals surface area contributed by atoms with E-state index in [1.54, 1.807) is 25.7 Å². The third-order valence-corrected chi connectivity index (χ3v) is 4.14. The zero-order valence-electron chi connectivity index (χ0n) is 16.1. The topological polar surface area (TPSA) is 85.3 Å². The maximum atomic E-state index is 5.68. The van der Waals surface area contributed by atoms with E-state index in [1.807, 2.05) is 48.3 Å². The quantitative estimate of drug-likeness (QED) is 0.537. The number of benzene rings is 1. The number of nitrogens with one attached hydrogen (secondary N) is 1. The zero-order chi connectivity index (χ0) is 19.6. The Bertz CT molecular complexity index is 845. The lowest BCUT2D eigenvalue weighted by Crippen LogP contribution is -2.23. The molecular formula is C20H24N6O2. The lowest BCUT2D eigenvalue weighted by molar-refractivity contribution is 0.331. The van der Waals surface area contributed by atoms with Gasteiger partial charge in [0.25, 0.3) is 0 Å². The first-order valence-electron chi connectivity index (χ1n) is 9.05. The normalized spacial score (nSPS) is 10.4. The summed E-state index contributed by atoms with van der Waals surface area (Å²) in [4.78, 5) is 10.6. The molecule has 0 aliphatic carbocycles. The van der Waals surface area contributed by atoms with Crippen LogP contribution in [0, 0.1) is 0 Å². The van der Waals surface area contributed by atoms with E-state index in [1.165, 1.54) is 5.56 Å². The van der Waals surface area contributed by atoms with Crippen molar-refractivity contribution < 1.29 is 9.47 Å². The number of anilines is 2. The van der Waals surface area contributed by atoms with Crippen molar-refractivity contribution in [2.75, 3.05) is 44.1 Å². The fourth-order valence-electron chi connectivity index (χ4n) is 2.52. The van der Waals surface area contributed by atoms with Crippen molar-refractivity contribution in [1.29, 1.82) is 0 Å². The maximum absolute atomic E-state index is 5.68. The average Bonchev–Trinajstić information content (AvgIpc) is 2.76. The molecule has 0 amide bonds. The highest BCUT2D eigenvalue weighted by Crippen LogP contribution is 2.16. The van der Waals surface area contributed by atoms with Gasteiger partial charge in [-0.2, -0.15) is 10.1 Å². The van der Waals surface area contributed by atoms with Crippen molar-refractivity contribution in [1.82, 2.24) is 20.2 Å². The Morgan fingerprint density at radius 3 is 2.54 bits per heavy atom. The lowest BCUT2D eigenvalue weighted by Gasteiger charge is -2.18. The molecule has 0 aliphatic heterocycles. The van der Waals surface area contributed by atoms with Crippen molar-refractivity contribution in [3.8, 4) is 11.5 Å². The van der Waals surface area contributed by atoms with Crippen LogP contribution in [0.4, 0.5) is 11.8 Å². The summed E-state index contributed by atoms with van der Waals surface area (Å²) < 4.78 is 10.8. The summed E-state index contributed by atoms with van der Waals surface area (Å²) in [6, 6.07) is 11.5. The van der Waals surface area contributed by atoms with E-state index < -0.39 is 0 Å². The minimum Gasteiger partial charge on any atom is -0.497 e. The summed E-state index contributed by atoms with van der Waals surface area (Å²) >= 11 is 0. The van der Waals surface area contributed by atoms with Gasteiger partial charge in [0.05, 0.1) is 19.9 Å². The van der Waals surface area contributed by atoms with E-state index in [0.717, 1.165) is 30.3 Å². The van der Waals surface area contributed by atoms with Crippen LogP contribution in [0.2, 0.25) is 0 Å². The molecule has 0 saturated carbocycles. The molecule has 0 atom stereocenters. The summed E-state index contributed by atoms with van der Waals surface area (Å²) in [6.45, 7) is 1.87. The van der Waals surface area contributed by atoms with Gasteiger partial charge in [-0.15, -0.1) is 5.10 Å². The van der Waals surface area contributed by atoms with Gasteiger partial charge in [-0.3, -0.25) is 4.98 Å². The fourth-order valence-corrected chi connectivity index (χ4v) is 2.52. The van der Waals surface area contributed by atoms with Crippen LogP contribution >= 0.6 is 0 Å². The monoisotopic (exact) mass is 380 g/mol. The Labute approximate surface area is 164 Å². The molecule has 0 bridgehead atoms. The van der Waals surface area contributed by atoms with Gasteiger partial charge in [-0.1, -0.05) is 0 Å². The number of rotatable bonds is 10. The van der Waals surface area contributed by atoms with Gasteiger partial charge < -0.3 is 19.7 Å². The molecule has 8 heteroatoms. The molecule has 0 saturated heterocycles. The Kier molecular flexibility index (Phi) is 6.95. The second-order valence-electron chi connectivity index (χ2n) is 6.12. The Morgan fingerprint density at radius 2 is 1.79 bits per heavy atom. The zero-order valence-corrected chi connectivity index (χ0v) is 16.1. The molecule has 2 aromatic heterocycles. The predicted octanol–water partition coefficient (Wildman–Crippen LogP) is 2.45. The van der Waals surface area contributed by atoms with Crippen LogP contribution in [-0.2, 0) is 6.42 Å². The van der Waals surface area contributed by atoms with E-state index in [0.29, 0.717) is 19.1 Å². The Hall–Kier alpha value is -3.42. The van der Waals surface area contributed by atoms with Crippen molar-refractivity contribution >= 4 is 11.8 Å². The number of ether oxygens (including phenoxy) is 2. The minimum absolute atomic E-state index is 0.478. The SMILES string of the molecule is COc1ccc(OCCNc2nncc(N(C)CCc3ccncc3)n2)cc1. The van der Waals surface area contributed by atoms with Crippen molar-refractivity contribution in [3.05, 3.63) is 60.6 Å². The molecular weight excluding hydrogens is 356 g/mol. The molecule has 28 heavy (non-hydrogen) atoms. The van der Waals surface area contributed by atoms with Gasteiger partial charge in [0.15, 0.2) is 5.82 Å². The molecule has 3 rings (SSSR count). The van der Waals surface area contributed by atoms with Crippen LogP contribution in [0.15, 0.2) is 55.0 Å². The third-order valence-electron chi connectivity index (χ3n) is 4.14. The summed E-state index contributed by atoms with van der Waals surface area (Å²) in [7, 11) is 3.63. The van der Waals surface area contributed by atoms with Gasteiger partial charge in [-0.25, -0.2) is 0 Å². The molecule has 0 unspecified atom stereocenters. The van der Waals surface area contributed by atoms with E-state index in [9.17, 15) is 0 Å². The number of methoxy groups -OCH3 is 1. The average molecular weight is 380 g/mol. The molecule has 0 aliphatic rings. The highest BCUT2D eigenvalue weighted by molar-refractivity contribution is 5.39. The maximum Gasteiger partial charge on any atom is 0.244 e. The first kappa shape index (κ1) is 19.3. The van der Waals surface area contributed by atoms with Gasteiger partial charge in [0.1, 0.15) is 18.1 Å². The van der Waals surface area contributed by atoms with E-state index >= 15 is 0 Å². The van der Waals surface area contributed by atoms with Crippen LogP contribution in [-0.4, -0.2) is 54.0 Å². The molecule has 1 N–H and O–H groups in total. The molecule has 3 aromatic rings. The van der Waals surface area contributed by atoms with Crippen LogP contribution < -0.4 is 19.7 Å². The van der Waals surface area contributed by atoms with Gasteiger partial charge in [-0.05, 0) is 48.4 Å². The van der Waals surface area contributed by atoms with Gasteiger partial charge in [0, 0.05) is 26.0 Å². The van der Waals surface area contributed by atoms with Gasteiger partial charge >= 0.3 is 0 Å². The summed E-state index contributed by atoms with van der Waals surface area (Å²) in [5.74, 6) is 2.83. The molecule has 0 spiro atoms. The summed E-state index contributed by atoms with van der Waals surface area (Å²) in [6.07, 6.45) is 6.17. The second-order valence-corrected chi connectivity index (χ2v) is 6.12. The fraction of sp³-hybridized carbons (Fsp3) is 0.300. The number of hydrogen-bond acceptors (Lipinski definition) is 8. The molecule has 8 nitrogen and oxygen atoms in total. The number of aromatic nitrogens is 4. The second kappa shape index (κ2) is 10.1. The predicted molar refractivity (Wildman–Crippen MR) is 108 cm³/mol. The van der Waals surface area contributed by atoms with Crippen LogP contribution in [0.5, 0.6) is 11.5 Å². The standard InChI is InChI=1S/C20H24N6O2/c1-26(13-9-16-7-10-21-11-8-16)19-15-23-25-20(24-19)22-12-14-28-18-5-3-17(27-2)4-6-18/h3-8,10-11,15H,9,12-14H2,1-2H3,(H,22,24,25). The number of hydrogen-bond donors (Lipinski definition) is 1. The first-order chi connectivity index (χ1) is 13.7. The smallest absolute Gasteiger partial charge is 0.244 e. The summed E-state index contributed by atoms with van der Waals surface area (Å²) in [5.41, 5.74) is 1.23. The number of likely N-dealkylation sites (N-methyl/N-ethyl adjacent to an activating group) is 1. The van der Waals surface area contributed by atoms with Crippen molar-refractivity contribution in [2.24, 2.45) is 0 Å². The summed E-state index contributed by atoms with van der Waals surface area (Å²) in [5, 5.41) is 11.2. The minimum atomic E-state index is 0.478. The molecule has 0 radical (unpaired) electrons. The van der Waals surface area contributed by atoms with Gasteiger partial charge in [0.2, 0.25) is 5.95 Å². The number of pyridine rings is 1. The lowest BCUT2D eigenvalue weighted by atomic mass is 10.2. The van der Waals surface area contributed by atoms with Crippen molar-refractivity contribution in [2.45, 2.75) is 6.42 Å². The third kappa shape index (κ3) is 5.80. The van der Waals surface area contributed by atoms with E-state index in [2.05, 4.69) is 25.5 Å². The Balaban J connectivity index is 1.44. The van der Waals surface area contributed by atoms with Crippen LogP contribution in [0.25, 0.3) is 0 Å². The van der Waals surface area contributed by atoms with E-state index in [4.69, 9.17) is 9.47 Å². The molecule has 146 valence electrons. The first-order valence-corrected chi connectivity index (χ1v) is 9.05. The van der Waals surface area contributed by atoms with Crippen molar-refractivity contribution in [3.63, 3.8) is 0 Å². The van der Waals surface area contributed by atoms with Crippen LogP contribution in [0.3, 0.4) is 0 Å². The number of nitrogens with zero attached hydrogens (tertiary/aromatic N) is 5. The largest absolute Gasteiger partial charge is 0.497 e. The molecule has 2 heterocycles. The molecule has 1 aromatic carbocycles.